The fraction of sp³-hybridized carbons (Fsp3) is 0.273. The van der Waals surface area contributed by atoms with Crippen molar-refractivity contribution in [1.82, 2.24) is 24.9 Å². The van der Waals surface area contributed by atoms with Crippen LogP contribution in [0.3, 0.4) is 0 Å². The molecule has 3 aromatic heterocycles. The van der Waals surface area contributed by atoms with E-state index >= 15 is 0 Å². The van der Waals surface area contributed by atoms with Crippen LogP contribution in [0.4, 0.5) is 11.5 Å². The third-order valence-electron chi connectivity index (χ3n) is 5.18. The van der Waals surface area contributed by atoms with Crippen molar-refractivity contribution in [3.63, 3.8) is 0 Å². The highest BCUT2D eigenvalue weighted by Crippen LogP contribution is 2.23. The molecule has 0 unspecified atom stereocenters. The number of aromatic nitrogens is 5. The Kier molecular flexibility index (Phi) is 5.79. The number of fused-ring (bicyclic) bond motifs is 1. The minimum absolute atomic E-state index is 0.369. The summed E-state index contributed by atoms with van der Waals surface area (Å²) in [6.07, 6.45) is 6.06. The number of rotatable bonds is 7. The van der Waals surface area contributed by atoms with Crippen molar-refractivity contribution in [1.29, 1.82) is 0 Å². The van der Waals surface area contributed by atoms with Crippen LogP contribution in [-0.2, 0) is 16.6 Å². The number of benzene rings is 1. The van der Waals surface area contributed by atoms with Gasteiger partial charge < -0.3 is 10.3 Å². The van der Waals surface area contributed by atoms with Crippen molar-refractivity contribution >= 4 is 32.6 Å². The molecule has 0 spiro atoms. The van der Waals surface area contributed by atoms with Crippen molar-refractivity contribution in [3.8, 4) is 11.6 Å². The van der Waals surface area contributed by atoms with Gasteiger partial charge in [-0.25, -0.2) is 28.4 Å². The van der Waals surface area contributed by atoms with Crippen LogP contribution in [0.25, 0.3) is 22.7 Å². The molecular formula is C22H25N7O2S. The largest absolute Gasteiger partial charge is 0.378 e. The van der Waals surface area contributed by atoms with Gasteiger partial charge in [-0.05, 0) is 29.7 Å². The van der Waals surface area contributed by atoms with E-state index in [4.69, 9.17) is 0 Å². The molecule has 166 valence electrons. The van der Waals surface area contributed by atoms with E-state index in [0.29, 0.717) is 35.6 Å². The van der Waals surface area contributed by atoms with Crippen LogP contribution in [0.2, 0.25) is 0 Å². The van der Waals surface area contributed by atoms with Crippen molar-refractivity contribution < 1.29 is 8.42 Å². The highest BCUT2D eigenvalue weighted by molar-refractivity contribution is 7.92. The zero-order valence-electron chi connectivity index (χ0n) is 18.4. The highest BCUT2D eigenvalue weighted by atomic mass is 32.2. The number of aromatic amines is 1. The molecule has 0 radical (unpaired) electrons. The molecule has 3 heterocycles. The van der Waals surface area contributed by atoms with E-state index in [-0.39, 0.29) is 0 Å². The summed E-state index contributed by atoms with van der Waals surface area (Å²) in [7, 11) is -1.93. The summed E-state index contributed by atoms with van der Waals surface area (Å²) in [5.41, 5.74) is 4.50. The molecular weight excluding hydrogens is 426 g/mol. The second-order valence-corrected chi connectivity index (χ2v) is 9.90. The van der Waals surface area contributed by atoms with E-state index in [0.717, 1.165) is 27.2 Å². The van der Waals surface area contributed by atoms with Gasteiger partial charge in [-0.2, -0.15) is 0 Å². The summed E-state index contributed by atoms with van der Waals surface area (Å²) in [4.78, 5) is 20.9. The van der Waals surface area contributed by atoms with Gasteiger partial charge in [0.05, 0.1) is 35.4 Å². The number of H-pyrrole nitrogens is 1. The van der Waals surface area contributed by atoms with Gasteiger partial charge >= 0.3 is 0 Å². The quantitative estimate of drug-likeness (QED) is 0.441. The summed E-state index contributed by atoms with van der Waals surface area (Å²) in [5, 5.41) is 3.22. The van der Waals surface area contributed by atoms with E-state index in [2.05, 4.69) is 56.2 Å². The zero-order chi connectivity index (χ0) is 22.9. The van der Waals surface area contributed by atoms with Gasteiger partial charge in [0.2, 0.25) is 10.0 Å². The highest BCUT2D eigenvalue weighted by Gasteiger charge is 2.17. The summed E-state index contributed by atoms with van der Waals surface area (Å²) in [6, 6.07) is 9.78. The Labute approximate surface area is 187 Å². The number of nitrogens with zero attached hydrogens (tertiary/aromatic N) is 5. The maximum Gasteiger partial charge on any atom is 0.233 e. The second kappa shape index (κ2) is 8.54. The van der Waals surface area contributed by atoms with E-state index in [1.54, 1.807) is 24.7 Å². The van der Waals surface area contributed by atoms with Crippen molar-refractivity contribution in [2.75, 3.05) is 22.9 Å². The first-order valence-corrected chi connectivity index (χ1v) is 12.0. The fourth-order valence-corrected chi connectivity index (χ4v) is 3.72. The number of hydrogen-bond donors (Lipinski definition) is 2. The maximum absolute atomic E-state index is 11.9. The molecule has 0 fully saturated rings. The molecule has 0 atom stereocenters. The predicted molar refractivity (Wildman–Crippen MR) is 126 cm³/mol. The summed E-state index contributed by atoms with van der Waals surface area (Å²) < 4.78 is 24.9. The van der Waals surface area contributed by atoms with Crippen LogP contribution in [0.5, 0.6) is 0 Å². The lowest BCUT2D eigenvalue weighted by Crippen LogP contribution is -2.27. The Balaban J connectivity index is 1.50. The Morgan fingerprint density at radius 2 is 1.88 bits per heavy atom. The topological polar surface area (TPSA) is 117 Å². The van der Waals surface area contributed by atoms with Crippen LogP contribution >= 0.6 is 0 Å². The van der Waals surface area contributed by atoms with E-state index < -0.39 is 10.0 Å². The van der Waals surface area contributed by atoms with Crippen LogP contribution in [0.15, 0.2) is 48.9 Å². The van der Waals surface area contributed by atoms with Gasteiger partial charge in [0.25, 0.3) is 0 Å². The monoisotopic (exact) mass is 451 g/mol. The van der Waals surface area contributed by atoms with Crippen LogP contribution in [-0.4, -0.2) is 46.6 Å². The first kappa shape index (κ1) is 21.7. The Hall–Kier alpha value is -3.53. The molecule has 0 aliphatic carbocycles. The lowest BCUT2D eigenvalue weighted by molar-refractivity contribution is 0.599. The average molecular weight is 452 g/mol. The molecule has 10 heteroatoms. The smallest absolute Gasteiger partial charge is 0.233 e. The fourth-order valence-electron chi connectivity index (χ4n) is 3.24. The standard InChI is InChI=1S/C22H25N7O2S/c1-14(2)15-7-8-18-19(10-15)28-21(27-18)20-25-12-17(13-26-20)24-11-16-6-5-9-23-22(16)29(3)32(4,30)31/h5-10,12-14,24H,11H2,1-4H3,(H,27,28). The minimum atomic E-state index is -3.41. The van der Waals surface area contributed by atoms with Gasteiger partial charge in [-0.15, -0.1) is 0 Å². The molecule has 0 saturated carbocycles. The third kappa shape index (κ3) is 4.54. The Bertz CT molecular complexity index is 1350. The Morgan fingerprint density at radius 1 is 1.12 bits per heavy atom. The summed E-state index contributed by atoms with van der Waals surface area (Å²) >= 11 is 0. The number of hydrogen-bond acceptors (Lipinski definition) is 7. The molecule has 0 bridgehead atoms. The number of imidazole rings is 1. The lowest BCUT2D eigenvalue weighted by atomic mass is 10.0. The molecule has 0 saturated heterocycles. The van der Waals surface area contributed by atoms with Gasteiger partial charge in [0, 0.05) is 25.4 Å². The molecule has 4 aromatic rings. The number of nitrogens with one attached hydrogen (secondary N) is 2. The Morgan fingerprint density at radius 3 is 2.56 bits per heavy atom. The number of sulfonamides is 1. The molecule has 2 N–H and O–H groups in total. The van der Waals surface area contributed by atoms with Gasteiger partial charge in [-0.3, -0.25) is 4.31 Å². The zero-order valence-corrected chi connectivity index (χ0v) is 19.2. The molecule has 0 amide bonds. The number of pyridine rings is 1. The SMILES string of the molecule is CC(C)c1ccc2nc(-c3ncc(NCc4cccnc4N(C)S(C)(=O)=O)cn3)[nH]c2c1. The first-order chi connectivity index (χ1) is 15.2. The average Bonchev–Trinajstić information content (AvgIpc) is 3.20. The van der Waals surface area contributed by atoms with Crippen molar-refractivity contribution in [2.45, 2.75) is 26.3 Å². The second-order valence-electron chi connectivity index (χ2n) is 7.88. The maximum atomic E-state index is 11.9. The van der Waals surface area contributed by atoms with Gasteiger partial charge in [-0.1, -0.05) is 26.0 Å². The van der Waals surface area contributed by atoms with E-state index in [1.807, 2.05) is 12.1 Å². The minimum Gasteiger partial charge on any atom is -0.378 e. The predicted octanol–water partition coefficient (Wildman–Crippen LogP) is 3.55. The molecule has 32 heavy (non-hydrogen) atoms. The molecule has 0 aliphatic rings. The summed E-state index contributed by atoms with van der Waals surface area (Å²) in [6.45, 7) is 4.68. The van der Waals surface area contributed by atoms with Crippen LogP contribution in [0, 0.1) is 0 Å². The van der Waals surface area contributed by atoms with Crippen LogP contribution < -0.4 is 9.62 Å². The first-order valence-electron chi connectivity index (χ1n) is 10.2. The van der Waals surface area contributed by atoms with Crippen LogP contribution in [0.1, 0.15) is 30.9 Å². The van der Waals surface area contributed by atoms with Gasteiger partial charge in [0.15, 0.2) is 11.6 Å². The number of anilines is 2. The van der Waals surface area contributed by atoms with Crippen molar-refractivity contribution in [2.24, 2.45) is 0 Å². The molecule has 4 rings (SSSR count). The van der Waals surface area contributed by atoms with Crippen molar-refractivity contribution in [3.05, 3.63) is 60.0 Å². The molecule has 1 aromatic carbocycles. The van der Waals surface area contributed by atoms with E-state index in [9.17, 15) is 8.42 Å². The lowest BCUT2D eigenvalue weighted by Gasteiger charge is -2.19. The van der Waals surface area contributed by atoms with E-state index in [1.165, 1.54) is 12.6 Å². The molecule has 9 nitrogen and oxygen atoms in total. The van der Waals surface area contributed by atoms with Gasteiger partial charge in [0.1, 0.15) is 5.82 Å². The molecule has 0 aliphatic heterocycles. The normalized spacial score (nSPS) is 11.8. The summed E-state index contributed by atoms with van der Waals surface area (Å²) in [5.74, 6) is 1.92. The third-order valence-corrected chi connectivity index (χ3v) is 6.35.